The number of amides is 1. The van der Waals surface area contributed by atoms with Crippen LogP contribution < -0.4 is 0 Å². The molecule has 1 aliphatic rings. The second-order valence-electron chi connectivity index (χ2n) is 7.70. The van der Waals surface area contributed by atoms with E-state index in [0.717, 1.165) is 11.1 Å². The largest absolute Gasteiger partial charge is 0.339 e. The number of nitrogens with zero attached hydrogens (tertiary/aromatic N) is 3. The van der Waals surface area contributed by atoms with Crippen LogP contribution in [0.15, 0.2) is 45.6 Å². The van der Waals surface area contributed by atoms with Gasteiger partial charge in [-0.2, -0.15) is 16.3 Å². The van der Waals surface area contributed by atoms with Gasteiger partial charge in [-0.3, -0.25) is 4.79 Å². The zero-order valence-electron chi connectivity index (χ0n) is 15.1. The molecule has 3 aromatic rings. The van der Waals surface area contributed by atoms with E-state index < -0.39 is 0 Å². The highest BCUT2D eigenvalue weighted by Gasteiger charge is 2.36. The topological polar surface area (TPSA) is 59.2 Å². The Bertz CT molecular complexity index is 901. The summed E-state index contributed by atoms with van der Waals surface area (Å²) in [5.41, 5.74) is 3.00. The summed E-state index contributed by atoms with van der Waals surface area (Å²) in [4.78, 5) is 18.9. The van der Waals surface area contributed by atoms with Gasteiger partial charge in [0.1, 0.15) is 0 Å². The second-order valence-corrected chi connectivity index (χ2v) is 8.48. The van der Waals surface area contributed by atoms with Crippen LogP contribution >= 0.6 is 11.3 Å². The number of likely N-dealkylation sites (tertiary alicyclic amines) is 1. The molecule has 6 heteroatoms. The first-order valence-corrected chi connectivity index (χ1v) is 9.62. The summed E-state index contributed by atoms with van der Waals surface area (Å²) in [5.74, 6) is 1.40. The molecule has 1 aliphatic heterocycles. The van der Waals surface area contributed by atoms with E-state index in [2.05, 4.69) is 30.9 Å². The monoisotopic (exact) mass is 367 g/mol. The van der Waals surface area contributed by atoms with E-state index in [1.54, 1.807) is 11.3 Å². The molecule has 3 heterocycles. The van der Waals surface area contributed by atoms with Gasteiger partial charge in [0.15, 0.2) is 0 Å². The minimum Gasteiger partial charge on any atom is -0.339 e. The minimum absolute atomic E-state index is 0.0549. The molecule has 1 fully saturated rings. The van der Waals surface area contributed by atoms with Crippen LogP contribution in [0.25, 0.3) is 11.4 Å². The van der Waals surface area contributed by atoms with Crippen LogP contribution in [0.2, 0.25) is 0 Å². The number of rotatable bonds is 3. The van der Waals surface area contributed by atoms with Crippen molar-refractivity contribution in [3.8, 4) is 11.4 Å². The SMILES string of the molecule is CC(C)(C)c1ccc(C(=O)N2CC(c3nc(-c4ccsc4)no3)C2)cc1. The van der Waals surface area contributed by atoms with E-state index >= 15 is 0 Å². The molecule has 2 aromatic heterocycles. The molecule has 0 saturated carbocycles. The van der Waals surface area contributed by atoms with Gasteiger partial charge in [-0.05, 0) is 34.6 Å². The summed E-state index contributed by atoms with van der Waals surface area (Å²) in [7, 11) is 0. The Labute approximate surface area is 156 Å². The highest BCUT2D eigenvalue weighted by molar-refractivity contribution is 7.08. The molecular formula is C20H21N3O2S. The average Bonchev–Trinajstić information content (AvgIpc) is 3.24. The molecule has 0 spiro atoms. The van der Waals surface area contributed by atoms with E-state index in [4.69, 9.17) is 4.52 Å². The van der Waals surface area contributed by atoms with E-state index in [9.17, 15) is 4.79 Å². The van der Waals surface area contributed by atoms with Crippen LogP contribution in [0.3, 0.4) is 0 Å². The third-order valence-corrected chi connectivity index (χ3v) is 5.42. The third-order valence-electron chi connectivity index (χ3n) is 4.74. The van der Waals surface area contributed by atoms with Crippen LogP contribution in [-0.4, -0.2) is 34.0 Å². The summed E-state index contributed by atoms with van der Waals surface area (Å²) >= 11 is 1.60. The van der Waals surface area contributed by atoms with Crippen molar-refractivity contribution in [2.24, 2.45) is 0 Å². The number of hydrogen-bond acceptors (Lipinski definition) is 5. The van der Waals surface area contributed by atoms with Crippen LogP contribution in [-0.2, 0) is 5.41 Å². The Morgan fingerprint density at radius 1 is 1.19 bits per heavy atom. The number of hydrogen-bond donors (Lipinski definition) is 0. The zero-order valence-corrected chi connectivity index (χ0v) is 15.9. The Morgan fingerprint density at radius 2 is 1.92 bits per heavy atom. The first kappa shape index (κ1) is 17.0. The van der Waals surface area contributed by atoms with Crippen molar-refractivity contribution in [3.05, 3.63) is 58.1 Å². The van der Waals surface area contributed by atoms with Gasteiger partial charge in [0.05, 0.1) is 5.92 Å². The zero-order chi connectivity index (χ0) is 18.3. The van der Waals surface area contributed by atoms with Gasteiger partial charge < -0.3 is 9.42 Å². The molecule has 0 bridgehead atoms. The Hall–Kier alpha value is -2.47. The van der Waals surface area contributed by atoms with Crippen molar-refractivity contribution < 1.29 is 9.32 Å². The molecule has 0 atom stereocenters. The van der Waals surface area contributed by atoms with Crippen molar-refractivity contribution in [1.29, 1.82) is 0 Å². The smallest absolute Gasteiger partial charge is 0.253 e. The van der Waals surface area contributed by atoms with Crippen LogP contribution in [0.5, 0.6) is 0 Å². The fourth-order valence-corrected chi connectivity index (χ4v) is 3.64. The average molecular weight is 367 g/mol. The fourth-order valence-electron chi connectivity index (χ4n) is 3.01. The van der Waals surface area contributed by atoms with E-state index in [0.29, 0.717) is 24.8 Å². The fraction of sp³-hybridized carbons (Fsp3) is 0.350. The third kappa shape index (κ3) is 3.17. The Morgan fingerprint density at radius 3 is 2.54 bits per heavy atom. The van der Waals surface area contributed by atoms with Gasteiger partial charge in [0, 0.05) is 29.6 Å². The molecule has 5 nitrogen and oxygen atoms in total. The first-order chi connectivity index (χ1) is 12.4. The van der Waals surface area contributed by atoms with Gasteiger partial charge in [0.25, 0.3) is 5.91 Å². The number of carbonyl (C=O) groups excluding carboxylic acids is 1. The Balaban J connectivity index is 1.39. The maximum atomic E-state index is 12.6. The molecule has 0 radical (unpaired) electrons. The number of benzene rings is 1. The van der Waals surface area contributed by atoms with Crippen molar-refractivity contribution in [2.45, 2.75) is 32.1 Å². The van der Waals surface area contributed by atoms with Gasteiger partial charge in [0.2, 0.25) is 11.7 Å². The van der Waals surface area contributed by atoms with Crippen molar-refractivity contribution in [1.82, 2.24) is 15.0 Å². The van der Waals surface area contributed by atoms with Crippen molar-refractivity contribution in [3.63, 3.8) is 0 Å². The lowest BCUT2D eigenvalue weighted by molar-refractivity contribution is 0.0569. The van der Waals surface area contributed by atoms with E-state index in [1.807, 2.05) is 46.0 Å². The molecule has 1 saturated heterocycles. The molecule has 1 aromatic carbocycles. The standard InChI is InChI=1S/C20H21N3O2S/c1-20(2,3)16-6-4-13(5-7-16)19(24)23-10-15(11-23)18-21-17(22-25-18)14-8-9-26-12-14/h4-9,12,15H,10-11H2,1-3H3. The van der Waals surface area contributed by atoms with Gasteiger partial charge in [-0.1, -0.05) is 38.1 Å². The molecule has 134 valence electrons. The summed E-state index contributed by atoms with van der Waals surface area (Å²) in [6, 6.07) is 9.87. The minimum atomic E-state index is 0.0549. The van der Waals surface area contributed by atoms with Crippen LogP contribution in [0.4, 0.5) is 0 Å². The summed E-state index contributed by atoms with van der Waals surface area (Å²) in [6.07, 6.45) is 0. The molecule has 0 aliphatic carbocycles. The lowest BCUT2D eigenvalue weighted by atomic mass is 9.86. The highest BCUT2D eigenvalue weighted by atomic mass is 32.1. The van der Waals surface area contributed by atoms with Gasteiger partial charge in [-0.15, -0.1) is 0 Å². The number of carbonyl (C=O) groups is 1. The van der Waals surface area contributed by atoms with Crippen molar-refractivity contribution >= 4 is 17.2 Å². The lowest BCUT2D eigenvalue weighted by Crippen LogP contribution is -2.48. The van der Waals surface area contributed by atoms with Gasteiger partial charge >= 0.3 is 0 Å². The second kappa shape index (κ2) is 6.36. The predicted molar refractivity (Wildman–Crippen MR) is 101 cm³/mol. The molecule has 0 unspecified atom stereocenters. The number of aromatic nitrogens is 2. The lowest BCUT2D eigenvalue weighted by Gasteiger charge is -2.37. The van der Waals surface area contributed by atoms with E-state index in [1.165, 1.54) is 5.56 Å². The maximum Gasteiger partial charge on any atom is 0.253 e. The summed E-state index contributed by atoms with van der Waals surface area (Å²) in [5, 5.41) is 8.02. The molecule has 0 N–H and O–H groups in total. The maximum absolute atomic E-state index is 12.6. The predicted octanol–water partition coefficient (Wildman–Crippen LogP) is 4.34. The van der Waals surface area contributed by atoms with E-state index in [-0.39, 0.29) is 17.2 Å². The van der Waals surface area contributed by atoms with Crippen LogP contribution in [0, 0.1) is 0 Å². The summed E-state index contributed by atoms with van der Waals surface area (Å²) in [6.45, 7) is 7.73. The Kier molecular flexibility index (Phi) is 4.15. The number of thiophene rings is 1. The summed E-state index contributed by atoms with van der Waals surface area (Å²) < 4.78 is 5.38. The van der Waals surface area contributed by atoms with Crippen LogP contribution in [0.1, 0.15) is 48.5 Å². The first-order valence-electron chi connectivity index (χ1n) is 8.68. The normalized spacial score (nSPS) is 15.1. The van der Waals surface area contributed by atoms with Gasteiger partial charge in [-0.25, -0.2) is 0 Å². The molecule has 1 amide bonds. The molecule has 4 rings (SSSR count). The molecule has 26 heavy (non-hydrogen) atoms. The highest BCUT2D eigenvalue weighted by Crippen LogP contribution is 2.30. The van der Waals surface area contributed by atoms with Crippen molar-refractivity contribution in [2.75, 3.05) is 13.1 Å². The molecular weight excluding hydrogens is 346 g/mol. The quantitative estimate of drug-likeness (QED) is 0.691.